The second-order valence-electron chi connectivity index (χ2n) is 5.67. The standard InChI is InChI=1S/C19H13ClN6O/c20-14-4-2-5-15(10-14)22-17-7-8-18-23-24-19(26(18)25-17)12-27-16-6-1-3-13(9-16)11-21/h1-10H,12H2,(H,22,25). The van der Waals surface area contributed by atoms with Gasteiger partial charge < -0.3 is 10.1 Å². The van der Waals surface area contributed by atoms with E-state index in [-0.39, 0.29) is 6.61 Å². The van der Waals surface area contributed by atoms with E-state index in [4.69, 9.17) is 21.6 Å². The van der Waals surface area contributed by atoms with Gasteiger partial charge in [0.25, 0.3) is 0 Å². The first-order valence-corrected chi connectivity index (χ1v) is 8.46. The van der Waals surface area contributed by atoms with Crippen molar-refractivity contribution in [1.29, 1.82) is 5.26 Å². The molecule has 2 aromatic carbocycles. The average Bonchev–Trinajstić information content (AvgIpc) is 3.09. The Morgan fingerprint density at radius 3 is 2.81 bits per heavy atom. The smallest absolute Gasteiger partial charge is 0.192 e. The number of nitrogens with zero attached hydrogens (tertiary/aromatic N) is 5. The molecule has 8 heteroatoms. The molecule has 27 heavy (non-hydrogen) atoms. The van der Waals surface area contributed by atoms with Crippen molar-refractivity contribution >= 4 is 28.8 Å². The molecule has 0 fully saturated rings. The zero-order chi connectivity index (χ0) is 18.6. The van der Waals surface area contributed by atoms with E-state index in [1.165, 1.54) is 0 Å². The Hall–Kier alpha value is -3.63. The molecule has 2 aromatic heterocycles. The van der Waals surface area contributed by atoms with Gasteiger partial charge in [-0.3, -0.25) is 0 Å². The molecule has 1 N–H and O–H groups in total. The SMILES string of the molecule is N#Cc1cccc(OCc2nnc3ccc(Nc4cccc(Cl)c4)nn23)c1. The van der Waals surface area contributed by atoms with Gasteiger partial charge >= 0.3 is 0 Å². The van der Waals surface area contributed by atoms with Gasteiger partial charge in [-0.05, 0) is 48.5 Å². The Labute approximate surface area is 159 Å². The number of aromatic nitrogens is 4. The highest BCUT2D eigenvalue weighted by Crippen LogP contribution is 2.19. The van der Waals surface area contributed by atoms with Gasteiger partial charge in [0.2, 0.25) is 0 Å². The Balaban J connectivity index is 1.55. The summed E-state index contributed by atoms with van der Waals surface area (Å²) in [4.78, 5) is 0. The third-order valence-electron chi connectivity index (χ3n) is 3.76. The summed E-state index contributed by atoms with van der Waals surface area (Å²) in [5.41, 5.74) is 1.97. The van der Waals surface area contributed by atoms with Gasteiger partial charge in [-0.2, -0.15) is 9.78 Å². The summed E-state index contributed by atoms with van der Waals surface area (Å²) in [6.07, 6.45) is 0. The summed E-state index contributed by atoms with van der Waals surface area (Å²) in [6, 6.07) is 20.0. The minimum Gasteiger partial charge on any atom is -0.485 e. The fraction of sp³-hybridized carbons (Fsp3) is 0.0526. The van der Waals surface area contributed by atoms with Gasteiger partial charge in [0.15, 0.2) is 17.3 Å². The lowest BCUT2D eigenvalue weighted by Crippen LogP contribution is -2.05. The summed E-state index contributed by atoms with van der Waals surface area (Å²) in [6.45, 7) is 0.170. The van der Waals surface area contributed by atoms with Crippen molar-refractivity contribution in [3.8, 4) is 11.8 Å². The predicted octanol–water partition coefficient (Wildman–Crippen LogP) is 3.97. The quantitative estimate of drug-likeness (QED) is 0.567. The molecule has 0 aliphatic rings. The van der Waals surface area contributed by atoms with Crippen LogP contribution in [0.25, 0.3) is 5.65 Å². The van der Waals surface area contributed by atoms with Crippen molar-refractivity contribution in [2.45, 2.75) is 6.61 Å². The van der Waals surface area contributed by atoms with Crippen LogP contribution in [0.3, 0.4) is 0 Å². The Morgan fingerprint density at radius 1 is 1.07 bits per heavy atom. The van der Waals surface area contributed by atoms with Gasteiger partial charge in [-0.15, -0.1) is 15.3 Å². The third-order valence-corrected chi connectivity index (χ3v) is 3.99. The molecule has 0 saturated heterocycles. The first-order valence-electron chi connectivity index (χ1n) is 8.08. The molecule has 0 aliphatic heterocycles. The van der Waals surface area contributed by atoms with Crippen LogP contribution in [0.5, 0.6) is 5.75 Å². The highest BCUT2D eigenvalue weighted by atomic mass is 35.5. The number of hydrogen-bond acceptors (Lipinski definition) is 6. The van der Waals surface area contributed by atoms with Crippen LogP contribution in [0.4, 0.5) is 11.5 Å². The first-order chi connectivity index (χ1) is 13.2. The highest BCUT2D eigenvalue weighted by molar-refractivity contribution is 6.30. The maximum absolute atomic E-state index is 8.97. The summed E-state index contributed by atoms with van der Waals surface area (Å²) in [5.74, 6) is 1.75. The molecule has 0 bridgehead atoms. The molecule has 0 aliphatic carbocycles. The third kappa shape index (κ3) is 3.81. The highest BCUT2D eigenvalue weighted by Gasteiger charge is 2.09. The van der Waals surface area contributed by atoms with Gasteiger partial charge in [-0.25, -0.2) is 0 Å². The van der Waals surface area contributed by atoms with Gasteiger partial charge in [-0.1, -0.05) is 23.7 Å². The van der Waals surface area contributed by atoms with Crippen LogP contribution in [0.1, 0.15) is 11.4 Å². The molecule has 132 valence electrons. The molecule has 4 aromatic rings. The minimum atomic E-state index is 0.170. The van der Waals surface area contributed by atoms with Gasteiger partial charge in [0, 0.05) is 10.7 Å². The lowest BCUT2D eigenvalue weighted by atomic mass is 10.2. The zero-order valence-electron chi connectivity index (χ0n) is 14.0. The number of hydrogen-bond donors (Lipinski definition) is 1. The topological polar surface area (TPSA) is 88.1 Å². The van der Waals surface area contributed by atoms with E-state index >= 15 is 0 Å². The normalized spacial score (nSPS) is 10.5. The van der Waals surface area contributed by atoms with Crippen molar-refractivity contribution in [1.82, 2.24) is 19.8 Å². The van der Waals surface area contributed by atoms with Crippen LogP contribution in [-0.4, -0.2) is 19.8 Å². The fourth-order valence-electron chi connectivity index (χ4n) is 2.51. The Kier molecular flexibility index (Phi) is 4.56. The summed E-state index contributed by atoms with van der Waals surface area (Å²) in [7, 11) is 0. The largest absolute Gasteiger partial charge is 0.485 e. The number of benzene rings is 2. The molecule has 0 spiro atoms. The lowest BCUT2D eigenvalue weighted by molar-refractivity contribution is 0.292. The second kappa shape index (κ2) is 7.32. The van der Waals surface area contributed by atoms with Gasteiger partial charge in [0.1, 0.15) is 12.4 Å². The number of anilines is 2. The van der Waals surface area contributed by atoms with Crippen LogP contribution < -0.4 is 10.1 Å². The summed E-state index contributed by atoms with van der Waals surface area (Å²) < 4.78 is 7.33. The molecule has 0 atom stereocenters. The number of fused-ring (bicyclic) bond motifs is 1. The van der Waals surface area contributed by atoms with E-state index in [1.54, 1.807) is 34.8 Å². The zero-order valence-corrected chi connectivity index (χ0v) is 14.8. The van der Waals surface area contributed by atoms with Crippen LogP contribution in [0, 0.1) is 11.3 Å². The van der Waals surface area contributed by atoms with Crippen molar-refractivity contribution in [2.75, 3.05) is 5.32 Å². The molecule has 0 saturated carbocycles. The summed E-state index contributed by atoms with van der Waals surface area (Å²) in [5, 5.41) is 25.5. The predicted molar refractivity (Wildman–Crippen MR) is 101 cm³/mol. The summed E-state index contributed by atoms with van der Waals surface area (Å²) >= 11 is 6.01. The van der Waals surface area contributed by atoms with E-state index in [0.717, 1.165) is 5.69 Å². The maximum Gasteiger partial charge on any atom is 0.192 e. The maximum atomic E-state index is 8.97. The molecular weight excluding hydrogens is 364 g/mol. The van der Waals surface area contributed by atoms with Gasteiger partial charge in [0.05, 0.1) is 11.6 Å². The monoisotopic (exact) mass is 376 g/mol. The van der Waals surface area contributed by atoms with Crippen LogP contribution in [0.2, 0.25) is 5.02 Å². The van der Waals surface area contributed by atoms with Crippen molar-refractivity contribution in [3.05, 3.63) is 77.1 Å². The van der Waals surface area contributed by atoms with E-state index in [1.807, 2.05) is 30.3 Å². The average molecular weight is 377 g/mol. The fourth-order valence-corrected chi connectivity index (χ4v) is 2.70. The van der Waals surface area contributed by atoms with Crippen LogP contribution in [0.15, 0.2) is 60.7 Å². The molecule has 4 rings (SSSR count). The molecular formula is C19H13ClN6O. The minimum absolute atomic E-state index is 0.170. The van der Waals surface area contributed by atoms with E-state index in [9.17, 15) is 0 Å². The van der Waals surface area contributed by atoms with E-state index in [0.29, 0.717) is 33.6 Å². The molecule has 0 unspecified atom stereocenters. The number of ether oxygens (including phenoxy) is 1. The first kappa shape index (κ1) is 16.8. The number of rotatable bonds is 5. The molecule has 0 amide bonds. The number of nitriles is 1. The van der Waals surface area contributed by atoms with Crippen molar-refractivity contribution in [3.63, 3.8) is 0 Å². The Morgan fingerprint density at radius 2 is 1.96 bits per heavy atom. The van der Waals surface area contributed by atoms with E-state index in [2.05, 4.69) is 26.7 Å². The van der Waals surface area contributed by atoms with Crippen LogP contribution in [-0.2, 0) is 6.61 Å². The van der Waals surface area contributed by atoms with Crippen molar-refractivity contribution < 1.29 is 4.74 Å². The molecule has 2 heterocycles. The van der Waals surface area contributed by atoms with Crippen LogP contribution >= 0.6 is 11.6 Å². The Bertz CT molecular complexity index is 1150. The number of halogens is 1. The van der Waals surface area contributed by atoms with E-state index < -0.39 is 0 Å². The second-order valence-corrected chi connectivity index (χ2v) is 6.10. The van der Waals surface area contributed by atoms with Crippen molar-refractivity contribution in [2.24, 2.45) is 0 Å². The molecule has 7 nitrogen and oxygen atoms in total. The molecule has 0 radical (unpaired) electrons. The lowest BCUT2D eigenvalue weighted by Gasteiger charge is -2.07. The number of nitrogens with one attached hydrogen (secondary N) is 1.